The van der Waals surface area contributed by atoms with Gasteiger partial charge in [-0.1, -0.05) is 73.4 Å². The maximum absolute atomic E-state index is 6.50. The zero-order valence-corrected chi connectivity index (χ0v) is 16.0. The Hall–Kier alpha value is -0.843. The van der Waals surface area contributed by atoms with E-state index in [2.05, 4.69) is 13.8 Å². The topological polar surface area (TPSA) is 18.5 Å². The van der Waals surface area contributed by atoms with Crippen LogP contribution in [0, 0.1) is 0 Å². The molecule has 124 valence electrons. The zero-order chi connectivity index (χ0) is 16.7. The van der Waals surface area contributed by atoms with Crippen LogP contribution < -0.4 is 10.4 Å². The molecule has 0 amide bonds. The van der Waals surface area contributed by atoms with Gasteiger partial charge in [0, 0.05) is 33.6 Å². The predicted molar refractivity (Wildman–Crippen MR) is 100 cm³/mol. The van der Waals surface area contributed by atoms with E-state index in [1.54, 1.807) is 0 Å². The summed E-state index contributed by atoms with van der Waals surface area (Å²) in [5.74, 6) is 0. The summed E-state index contributed by atoms with van der Waals surface area (Å²) >= 11 is 13.0. The molecule has 2 nitrogen and oxygen atoms in total. The molecule has 2 aromatic carbocycles. The van der Waals surface area contributed by atoms with Crippen molar-refractivity contribution in [2.24, 2.45) is 0 Å². The quantitative estimate of drug-likeness (QED) is 0.642. The van der Waals surface area contributed by atoms with E-state index in [4.69, 9.17) is 32.1 Å². The van der Waals surface area contributed by atoms with Crippen molar-refractivity contribution in [1.82, 2.24) is 0 Å². The first-order valence-corrected chi connectivity index (χ1v) is 10.5. The zero-order valence-electron chi connectivity index (χ0n) is 13.5. The molecule has 0 aromatic heterocycles. The van der Waals surface area contributed by atoms with Gasteiger partial charge in [0.1, 0.15) is 0 Å². The number of benzene rings is 2. The van der Waals surface area contributed by atoms with Crippen molar-refractivity contribution < 1.29 is 8.85 Å². The van der Waals surface area contributed by atoms with E-state index in [0.29, 0.717) is 23.3 Å². The molecule has 0 aliphatic heterocycles. The van der Waals surface area contributed by atoms with Crippen LogP contribution in [-0.4, -0.2) is 21.8 Å². The maximum atomic E-state index is 6.50. The fraction of sp³-hybridized carbons (Fsp3) is 0.333. The highest BCUT2D eigenvalue weighted by Gasteiger charge is 2.45. The molecule has 0 unspecified atom stereocenters. The average Bonchev–Trinajstić information content (AvgIpc) is 2.57. The fourth-order valence-electron chi connectivity index (χ4n) is 2.45. The van der Waals surface area contributed by atoms with Gasteiger partial charge in [-0.15, -0.1) is 0 Å². The molecule has 0 fully saturated rings. The molecule has 2 rings (SSSR count). The van der Waals surface area contributed by atoms with Crippen molar-refractivity contribution in [2.75, 3.05) is 13.2 Å². The monoisotopic (exact) mass is 368 g/mol. The lowest BCUT2D eigenvalue weighted by Gasteiger charge is -2.32. The summed E-state index contributed by atoms with van der Waals surface area (Å²) in [4.78, 5) is 0. The normalized spacial score (nSPS) is 11.7. The molecule has 0 aliphatic rings. The van der Waals surface area contributed by atoms with Crippen LogP contribution >= 0.6 is 23.2 Å². The van der Waals surface area contributed by atoms with Gasteiger partial charge in [-0.2, -0.15) is 0 Å². The van der Waals surface area contributed by atoms with E-state index >= 15 is 0 Å². The van der Waals surface area contributed by atoms with Crippen molar-refractivity contribution in [2.45, 2.75) is 26.7 Å². The summed E-state index contributed by atoms with van der Waals surface area (Å²) in [5.41, 5.74) is 0. The second-order valence-corrected chi connectivity index (χ2v) is 8.98. The molecule has 0 heterocycles. The molecule has 0 radical (unpaired) electrons. The average molecular weight is 369 g/mol. The van der Waals surface area contributed by atoms with Crippen molar-refractivity contribution in [3.05, 3.63) is 58.6 Å². The van der Waals surface area contributed by atoms with E-state index in [0.717, 1.165) is 23.2 Å². The molecule has 0 bridgehead atoms. The molecule has 0 atom stereocenters. The smallest absolute Gasteiger partial charge is 0.388 e. The van der Waals surface area contributed by atoms with Crippen LogP contribution in [0.1, 0.15) is 26.7 Å². The lowest BCUT2D eigenvalue weighted by Crippen LogP contribution is -2.64. The largest absolute Gasteiger partial charge is 0.410 e. The summed E-state index contributed by atoms with van der Waals surface area (Å²) in [6, 6.07) is 15.5. The van der Waals surface area contributed by atoms with Crippen LogP contribution in [-0.2, 0) is 8.85 Å². The number of halogens is 2. The van der Waals surface area contributed by atoms with Crippen molar-refractivity contribution >= 4 is 42.1 Å². The molecule has 0 spiro atoms. The Balaban J connectivity index is 2.64. The second-order valence-electron chi connectivity index (χ2n) is 5.27. The Morgan fingerprint density at radius 3 is 1.48 bits per heavy atom. The molecule has 0 N–H and O–H groups in total. The third kappa shape index (κ3) is 4.17. The molecule has 0 aliphatic carbocycles. The van der Waals surface area contributed by atoms with E-state index in [9.17, 15) is 0 Å². The Morgan fingerprint density at radius 1 is 0.739 bits per heavy atom. The molecule has 0 saturated carbocycles. The van der Waals surface area contributed by atoms with Gasteiger partial charge in [0.25, 0.3) is 0 Å². The highest BCUT2D eigenvalue weighted by molar-refractivity contribution is 6.95. The second kappa shape index (κ2) is 8.86. The molecular weight excluding hydrogens is 347 g/mol. The van der Waals surface area contributed by atoms with Crippen molar-refractivity contribution in [3.63, 3.8) is 0 Å². The highest BCUT2D eigenvalue weighted by Crippen LogP contribution is 2.20. The van der Waals surface area contributed by atoms with Gasteiger partial charge in [-0.25, -0.2) is 0 Å². The van der Waals surface area contributed by atoms with Gasteiger partial charge in [0.05, 0.1) is 0 Å². The molecule has 23 heavy (non-hydrogen) atoms. The fourth-order valence-corrected chi connectivity index (χ4v) is 6.87. The van der Waals surface area contributed by atoms with Crippen molar-refractivity contribution in [3.8, 4) is 0 Å². The van der Waals surface area contributed by atoms with E-state index in [-0.39, 0.29) is 0 Å². The molecule has 5 heteroatoms. The van der Waals surface area contributed by atoms with Gasteiger partial charge >= 0.3 is 8.56 Å². The van der Waals surface area contributed by atoms with Gasteiger partial charge < -0.3 is 8.85 Å². The third-order valence-electron chi connectivity index (χ3n) is 3.48. The standard InChI is InChI=1S/C18H22Cl2O2Si/c1-3-13-21-23(22-14-4-2,17-11-7-5-9-15(17)19)18-12-8-6-10-16(18)20/h5-12H,3-4,13-14H2,1-2H3. The van der Waals surface area contributed by atoms with Gasteiger partial charge in [-0.3, -0.25) is 0 Å². The molecule has 2 aromatic rings. The van der Waals surface area contributed by atoms with Crippen LogP contribution in [0.5, 0.6) is 0 Å². The van der Waals surface area contributed by atoms with Crippen LogP contribution in [0.15, 0.2) is 48.5 Å². The highest BCUT2D eigenvalue weighted by atomic mass is 35.5. The number of hydrogen-bond donors (Lipinski definition) is 0. The maximum Gasteiger partial charge on any atom is 0.410 e. The molecular formula is C18H22Cl2O2Si. The summed E-state index contributed by atoms with van der Waals surface area (Å²) in [6.45, 7) is 5.37. The summed E-state index contributed by atoms with van der Waals surface area (Å²) < 4.78 is 12.7. The first-order valence-electron chi connectivity index (χ1n) is 7.93. The van der Waals surface area contributed by atoms with E-state index < -0.39 is 8.56 Å². The van der Waals surface area contributed by atoms with Crippen LogP contribution in [0.3, 0.4) is 0 Å². The number of hydrogen-bond acceptors (Lipinski definition) is 2. The Labute approximate surface area is 149 Å². The Kier molecular flexibility index (Phi) is 7.12. The first-order chi connectivity index (χ1) is 11.2. The predicted octanol–water partition coefficient (Wildman–Crippen LogP) is 4.40. The van der Waals surface area contributed by atoms with Crippen LogP contribution in [0.25, 0.3) is 0 Å². The summed E-state index contributed by atoms with van der Waals surface area (Å²) in [6.07, 6.45) is 1.80. The minimum atomic E-state index is -2.94. The van der Waals surface area contributed by atoms with E-state index in [1.807, 2.05) is 48.5 Å². The molecule has 0 saturated heterocycles. The van der Waals surface area contributed by atoms with Crippen molar-refractivity contribution in [1.29, 1.82) is 0 Å². The minimum Gasteiger partial charge on any atom is -0.388 e. The van der Waals surface area contributed by atoms with Gasteiger partial charge in [-0.05, 0) is 25.0 Å². The Morgan fingerprint density at radius 2 is 1.13 bits per heavy atom. The summed E-state index contributed by atoms with van der Waals surface area (Å²) in [7, 11) is -2.94. The van der Waals surface area contributed by atoms with Gasteiger partial charge in [0.15, 0.2) is 0 Å². The van der Waals surface area contributed by atoms with Gasteiger partial charge in [0.2, 0.25) is 0 Å². The third-order valence-corrected chi connectivity index (χ3v) is 7.96. The van der Waals surface area contributed by atoms with Crippen LogP contribution in [0.4, 0.5) is 0 Å². The van der Waals surface area contributed by atoms with E-state index in [1.165, 1.54) is 0 Å². The number of rotatable bonds is 8. The minimum absolute atomic E-state index is 0.604. The lowest BCUT2D eigenvalue weighted by molar-refractivity contribution is 0.191. The SMILES string of the molecule is CCCO[Si](OCCC)(c1ccccc1Cl)c1ccccc1Cl. The Bertz CT molecular complexity index is 578. The van der Waals surface area contributed by atoms with Crippen LogP contribution in [0.2, 0.25) is 10.0 Å². The summed E-state index contributed by atoms with van der Waals surface area (Å²) in [5, 5.41) is 3.14. The lowest BCUT2D eigenvalue weighted by atomic mass is 10.4. The first kappa shape index (κ1) is 18.5.